The normalized spacial score (nSPS) is 22.5. The number of amides is 1. The molecule has 17 heavy (non-hydrogen) atoms. The van der Waals surface area contributed by atoms with Crippen LogP contribution in [0.25, 0.3) is 0 Å². The van der Waals surface area contributed by atoms with Crippen molar-refractivity contribution in [2.45, 2.75) is 45.4 Å². The number of carbonyl (C=O) groups excluding carboxylic acids is 1. The molecule has 1 saturated carbocycles. The number of piperazine rings is 1. The number of nitrogens with zero attached hydrogens (tertiary/aromatic N) is 2. The molecule has 0 radical (unpaired) electrons. The van der Waals surface area contributed by atoms with Crippen LogP contribution in [0.1, 0.15) is 45.4 Å². The molecule has 2 aliphatic rings. The van der Waals surface area contributed by atoms with Gasteiger partial charge in [-0.2, -0.15) is 0 Å². The van der Waals surface area contributed by atoms with Gasteiger partial charge in [0.15, 0.2) is 0 Å². The van der Waals surface area contributed by atoms with Crippen molar-refractivity contribution in [3.63, 3.8) is 0 Å². The highest BCUT2D eigenvalue weighted by molar-refractivity contribution is 5.79. The fraction of sp³-hybridized carbons (Fsp3) is 0.929. The molecule has 2 rings (SSSR count). The lowest BCUT2D eigenvalue weighted by atomic mass is 9.84. The Balaban J connectivity index is 1.65. The van der Waals surface area contributed by atoms with E-state index in [4.69, 9.17) is 0 Å². The van der Waals surface area contributed by atoms with Gasteiger partial charge in [-0.15, -0.1) is 0 Å². The zero-order chi connectivity index (χ0) is 12.1. The summed E-state index contributed by atoms with van der Waals surface area (Å²) in [5, 5.41) is 0. The van der Waals surface area contributed by atoms with E-state index in [9.17, 15) is 4.79 Å². The van der Waals surface area contributed by atoms with E-state index in [1.54, 1.807) is 0 Å². The molecule has 1 heterocycles. The van der Waals surface area contributed by atoms with Gasteiger partial charge in [-0.1, -0.05) is 26.2 Å². The minimum atomic E-state index is 0.377. The first-order valence-electron chi connectivity index (χ1n) is 7.32. The molecule has 0 aromatic heterocycles. The van der Waals surface area contributed by atoms with E-state index in [-0.39, 0.29) is 0 Å². The molecule has 2 fully saturated rings. The Labute approximate surface area is 105 Å². The summed E-state index contributed by atoms with van der Waals surface area (Å²) in [6.07, 6.45) is 7.47. The van der Waals surface area contributed by atoms with Crippen molar-refractivity contribution in [2.24, 2.45) is 5.92 Å². The molecule has 0 unspecified atom stereocenters. The van der Waals surface area contributed by atoms with Crippen LogP contribution in [0.4, 0.5) is 0 Å². The lowest BCUT2D eigenvalue weighted by Gasteiger charge is -2.38. The van der Waals surface area contributed by atoms with E-state index in [1.165, 1.54) is 32.2 Å². The summed E-state index contributed by atoms with van der Waals surface area (Å²) in [5.41, 5.74) is 0. The van der Waals surface area contributed by atoms with Gasteiger partial charge < -0.3 is 4.90 Å². The largest absolute Gasteiger partial charge is 0.340 e. The van der Waals surface area contributed by atoms with Crippen molar-refractivity contribution in [2.75, 3.05) is 32.7 Å². The van der Waals surface area contributed by atoms with Crippen LogP contribution in [0.2, 0.25) is 0 Å². The number of rotatable bonds is 5. The average Bonchev–Trinajstić information content (AvgIpc) is 2.28. The quantitative estimate of drug-likeness (QED) is 0.685. The van der Waals surface area contributed by atoms with E-state index in [0.29, 0.717) is 11.8 Å². The minimum absolute atomic E-state index is 0.377. The molecule has 3 nitrogen and oxygen atoms in total. The maximum absolute atomic E-state index is 12.1. The summed E-state index contributed by atoms with van der Waals surface area (Å²) < 4.78 is 0. The van der Waals surface area contributed by atoms with Crippen LogP contribution in [0.15, 0.2) is 0 Å². The zero-order valence-electron chi connectivity index (χ0n) is 11.2. The predicted octanol–water partition coefficient (Wildman–Crippen LogP) is 2.12. The van der Waals surface area contributed by atoms with Crippen molar-refractivity contribution >= 4 is 5.91 Å². The van der Waals surface area contributed by atoms with Crippen LogP contribution in [-0.4, -0.2) is 48.4 Å². The molecule has 0 spiro atoms. The Morgan fingerprint density at radius 1 is 1.12 bits per heavy atom. The molecule has 98 valence electrons. The Bertz CT molecular complexity index is 243. The zero-order valence-corrected chi connectivity index (χ0v) is 11.2. The van der Waals surface area contributed by atoms with Crippen LogP contribution < -0.4 is 0 Å². The second kappa shape index (κ2) is 6.39. The molecule has 0 N–H and O–H groups in total. The van der Waals surface area contributed by atoms with E-state index in [1.807, 2.05) is 0 Å². The molecule has 0 aromatic rings. The van der Waals surface area contributed by atoms with Gasteiger partial charge in [-0.05, 0) is 25.8 Å². The van der Waals surface area contributed by atoms with Gasteiger partial charge in [0.05, 0.1) is 0 Å². The first kappa shape index (κ1) is 12.9. The van der Waals surface area contributed by atoms with Crippen molar-refractivity contribution < 1.29 is 4.79 Å². The molecular weight excluding hydrogens is 212 g/mol. The summed E-state index contributed by atoms with van der Waals surface area (Å²) in [5.74, 6) is 0.811. The highest BCUT2D eigenvalue weighted by Crippen LogP contribution is 2.28. The molecule has 3 heteroatoms. The monoisotopic (exact) mass is 238 g/mol. The van der Waals surface area contributed by atoms with Crippen LogP contribution in [-0.2, 0) is 4.79 Å². The van der Waals surface area contributed by atoms with Crippen LogP contribution >= 0.6 is 0 Å². The van der Waals surface area contributed by atoms with E-state index < -0.39 is 0 Å². The molecule has 1 aliphatic heterocycles. The number of hydrogen-bond donors (Lipinski definition) is 0. The minimum Gasteiger partial charge on any atom is -0.340 e. The summed E-state index contributed by atoms with van der Waals surface area (Å²) in [6, 6.07) is 0. The topological polar surface area (TPSA) is 23.6 Å². The van der Waals surface area contributed by atoms with Gasteiger partial charge in [0.25, 0.3) is 0 Å². The Hall–Kier alpha value is -0.570. The lowest BCUT2D eigenvalue weighted by Crippen LogP contribution is -2.51. The van der Waals surface area contributed by atoms with E-state index in [0.717, 1.165) is 39.0 Å². The number of carbonyl (C=O) groups is 1. The maximum atomic E-state index is 12.1. The van der Waals surface area contributed by atoms with Crippen molar-refractivity contribution in [3.05, 3.63) is 0 Å². The van der Waals surface area contributed by atoms with E-state index in [2.05, 4.69) is 16.7 Å². The van der Waals surface area contributed by atoms with Gasteiger partial charge in [0, 0.05) is 32.1 Å². The van der Waals surface area contributed by atoms with Gasteiger partial charge in [0.1, 0.15) is 0 Å². The van der Waals surface area contributed by atoms with Crippen molar-refractivity contribution in [1.82, 2.24) is 9.80 Å². The fourth-order valence-electron chi connectivity index (χ4n) is 2.69. The van der Waals surface area contributed by atoms with E-state index >= 15 is 0 Å². The second-order valence-electron chi connectivity index (χ2n) is 5.50. The maximum Gasteiger partial charge on any atom is 0.225 e. The highest BCUT2D eigenvalue weighted by atomic mass is 16.2. The van der Waals surface area contributed by atoms with Crippen LogP contribution in [0.5, 0.6) is 0 Å². The number of unbranched alkanes of at least 4 members (excludes halogenated alkanes) is 2. The molecule has 1 amide bonds. The van der Waals surface area contributed by atoms with Gasteiger partial charge >= 0.3 is 0 Å². The van der Waals surface area contributed by atoms with Crippen molar-refractivity contribution in [1.29, 1.82) is 0 Å². The molecule has 1 saturated heterocycles. The summed E-state index contributed by atoms with van der Waals surface area (Å²) >= 11 is 0. The first-order chi connectivity index (χ1) is 8.31. The third-order valence-corrected chi connectivity index (χ3v) is 4.22. The highest BCUT2D eigenvalue weighted by Gasteiger charge is 2.30. The SMILES string of the molecule is CCCCCN1CCN(C(=O)C2CCC2)CC1. The number of hydrogen-bond acceptors (Lipinski definition) is 2. The summed E-state index contributed by atoms with van der Waals surface area (Å²) in [7, 11) is 0. The molecular formula is C14H26N2O. The summed E-state index contributed by atoms with van der Waals surface area (Å²) in [4.78, 5) is 16.7. The summed E-state index contributed by atoms with van der Waals surface area (Å²) in [6.45, 7) is 7.56. The lowest BCUT2D eigenvalue weighted by molar-refractivity contribution is -0.139. The van der Waals surface area contributed by atoms with Crippen LogP contribution in [0.3, 0.4) is 0 Å². The molecule has 0 atom stereocenters. The average molecular weight is 238 g/mol. The predicted molar refractivity (Wildman–Crippen MR) is 69.9 cm³/mol. The van der Waals surface area contributed by atoms with Gasteiger partial charge in [-0.3, -0.25) is 9.69 Å². The first-order valence-corrected chi connectivity index (χ1v) is 7.32. The second-order valence-corrected chi connectivity index (χ2v) is 5.50. The fourth-order valence-corrected chi connectivity index (χ4v) is 2.69. The van der Waals surface area contributed by atoms with Crippen LogP contribution in [0, 0.1) is 5.92 Å². The third kappa shape index (κ3) is 3.44. The Morgan fingerprint density at radius 3 is 2.35 bits per heavy atom. The third-order valence-electron chi connectivity index (χ3n) is 4.22. The molecule has 1 aliphatic carbocycles. The Morgan fingerprint density at radius 2 is 1.82 bits per heavy atom. The molecule has 0 bridgehead atoms. The molecule has 0 aromatic carbocycles. The Kier molecular flexibility index (Phi) is 4.84. The standard InChI is InChI=1S/C14H26N2O/c1-2-3-4-8-15-9-11-16(12-10-15)14(17)13-6-5-7-13/h13H,2-12H2,1H3. The van der Waals surface area contributed by atoms with Gasteiger partial charge in [-0.25, -0.2) is 0 Å². The smallest absolute Gasteiger partial charge is 0.225 e. The van der Waals surface area contributed by atoms with Gasteiger partial charge in [0.2, 0.25) is 5.91 Å². The van der Waals surface area contributed by atoms with Crippen molar-refractivity contribution in [3.8, 4) is 0 Å².